The van der Waals surface area contributed by atoms with E-state index in [-0.39, 0.29) is 0 Å². The summed E-state index contributed by atoms with van der Waals surface area (Å²) < 4.78 is 0. The van der Waals surface area contributed by atoms with E-state index in [9.17, 15) is 9.59 Å². The van der Waals surface area contributed by atoms with Crippen LogP contribution in [0.1, 0.15) is 20.7 Å². The van der Waals surface area contributed by atoms with Gasteiger partial charge in [-0.15, -0.1) is 0 Å². The predicted octanol–water partition coefficient (Wildman–Crippen LogP) is 4.13. The standard InChI is InChI=1S/C18H12O2/c19-11-15-9-8-14(10-16(15)12-20)18-7-3-5-13-4-1-2-6-17(13)18/h1-12H. The van der Waals surface area contributed by atoms with Gasteiger partial charge < -0.3 is 0 Å². The Labute approximate surface area is 116 Å². The van der Waals surface area contributed by atoms with Crippen molar-refractivity contribution in [2.75, 3.05) is 0 Å². The molecule has 0 N–H and O–H groups in total. The number of benzene rings is 3. The van der Waals surface area contributed by atoms with Crippen molar-refractivity contribution in [1.29, 1.82) is 0 Å². The van der Waals surface area contributed by atoms with Crippen molar-refractivity contribution in [2.45, 2.75) is 0 Å². The number of fused-ring (bicyclic) bond motifs is 1. The zero-order valence-electron chi connectivity index (χ0n) is 10.7. The molecule has 2 heteroatoms. The molecule has 0 fully saturated rings. The smallest absolute Gasteiger partial charge is 0.150 e. The number of hydrogen-bond donors (Lipinski definition) is 0. The Bertz CT molecular complexity index is 798. The van der Waals surface area contributed by atoms with Gasteiger partial charge in [0.1, 0.15) is 0 Å². The highest BCUT2D eigenvalue weighted by molar-refractivity contribution is 5.99. The highest BCUT2D eigenvalue weighted by atomic mass is 16.1. The van der Waals surface area contributed by atoms with Crippen LogP contribution in [0.2, 0.25) is 0 Å². The molecule has 0 spiro atoms. The van der Waals surface area contributed by atoms with E-state index in [1.165, 1.54) is 0 Å². The maximum atomic E-state index is 11.1. The Morgan fingerprint density at radius 1 is 0.700 bits per heavy atom. The van der Waals surface area contributed by atoms with Crippen LogP contribution in [-0.4, -0.2) is 12.6 Å². The number of carbonyl (C=O) groups excluding carboxylic acids is 2. The van der Waals surface area contributed by atoms with E-state index in [0.717, 1.165) is 28.2 Å². The molecule has 3 aromatic carbocycles. The number of aldehydes is 2. The molecule has 0 radical (unpaired) electrons. The zero-order chi connectivity index (χ0) is 13.9. The Balaban J connectivity index is 2.26. The van der Waals surface area contributed by atoms with Gasteiger partial charge in [0.15, 0.2) is 12.6 Å². The highest BCUT2D eigenvalue weighted by Crippen LogP contribution is 2.29. The van der Waals surface area contributed by atoms with Crippen molar-refractivity contribution in [3.05, 3.63) is 71.8 Å². The lowest BCUT2D eigenvalue weighted by molar-refractivity contribution is 0.109. The Kier molecular flexibility index (Phi) is 3.13. The first-order valence-corrected chi connectivity index (χ1v) is 6.36. The SMILES string of the molecule is O=Cc1ccc(-c2cccc3ccccc23)cc1C=O. The van der Waals surface area contributed by atoms with Crippen molar-refractivity contribution in [3.63, 3.8) is 0 Å². The van der Waals surface area contributed by atoms with Gasteiger partial charge in [-0.1, -0.05) is 54.6 Å². The lowest BCUT2D eigenvalue weighted by Gasteiger charge is -2.08. The van der Waals surface area contributed by atoms with Crippen LogP contribution in [-0.2, 0) is 0 Å². The fourth-order valence-electron chi connectivity index (χ4n) is 2.43. The molecule has 0 saturated carbocycles. The molecule has 0 atom stereocenters. The first kappa shape index (κ1) is 12.3. The molecule has 2 nitrogen and oxygen atoms in total. The highest BCUT2D eigenvalue weighted by Gasteiger charge is 2.07. The zero-order valence-corrected chi connectivity index (χ0v) is 10.7. The topological polar surface area (TPSA) is 34.1 Å². The van der Waals surface area contributed by atoms with E-state index in [2.05, 4.69) is 18.2 Å². The van der Waals surface area contributed by atoms with Crippen molar-refractivity contribution < 1.29 is 9.59 Å². The maximum Gasteiger partial charge on any atom is 0.150 e. The summed E-state index contributed by atoms with van der Waals surface area (Å²) in [7, 11) is 0. The van der Waals surface area contributed by atoms with Crippen LogP contribution in [0.15, 0.2) is 60.7 Å². The number of rotatable bonds is 3. The second-order valence-electron chi connectivity index (χ2n) is 4.61. The molecule has 0 saturated heterocycles. The minimum absolute atomic E-state index is 0.420. The van der Waals surface area contributed by atoms with Crippen molar-refractivity contribution >= 4 is 23.3 Å². The van der Waals surface area contributed by atoms with Crippen LogP contribution in [0, 0.1) is 0 Å². The summed E-state index contributed by atoms with van der Waals surface area (Å²) >= 11 is 0. The summed E-state index contributed by atoms with van der Waals surface area (Å²) in [6.45, 7) is 0. The van der Waals surface area contributed by atoms with Gasteiger partial charge in [-0.3, -0.25) is 9.59 Å². The molecule has 20 heavy (non-hydrogen) atoms. The number of carbonyl (C=O) groups is 2. The first-order valence-electron chi connectivity index (χ1n) is 6.36. The molecule has 96 valence electrons. The lowest BCUT2D eigenvalue weighted by atomic mass is 9.95. The van der Waals surface area contributed by atoms with Crippen LogP contribution < -0.4 is 0 Å². The average Bonchev–Trinajstić information content (AvgIpc) is 2.53. The molecule has 0 amide bonds. The van der Waals surface area contributed by atoms with Crippen molar-refractivity contribution in [2.24, 2.45) is 0 Å². The van der Waals surface area contributed by atoms with Gasteiger partial charge >= 0.3 is 0 Å². The van der Waals surface area contributed by atoms with Crippen LogP contribution in [0.5, 0.6) is 0 Å². The molecule has 3 rings (SSSR count). The quantitative estimate of drug-likeness (QED) is 0.663. The van der Waals surface area contributed by atoms with Crippen molar-refractivity contribution in [3.8, 4) is 11.1 Å². The van der Waals surface area contributed by atoms with Gasteiger partial charge in [0.25, 0.3) is 0 Å². The van der Waals surface area contributed by atoms with Gasteiger partial charge in [0, 0.05) is 11.1 Å². The van der Waals surface area contributed by atoms with Gasteiger partial charge in [-0.25, -0.2) is 0 Å². The Morgan fingerprint density at radius 2 is 1.45 bits per heavy atom. The van der Waals surface area contributed by atoms with Gasteiger partial charge in [0.05, 0.1) is 0 Å². The summed E-state index contributed by atoms with van der Waals surface area (Å²) in [4.78, 5) is 22.0. The van der Waals surface area contributed by atoms with E-state index in [1.807, 2.05) is 30.3 Å². The molecule has 0 unspecified atom stereocenters. The summed E-state index contributed by atoms with van der Waals surface area (Å²) in [5.41, 5.74) is 2.84. The summed E-state index contributed by atoms with van der Waals surface area (Å²) in [5.74, 6) is 0. The molecule has 0 heterocycles. The number of hydrogen-bond acceptors (Lipinski definition) is 2. The second kappa shape index (κ2) is 5.10. The first-order chi connectivity index (χ1) is 9.83. The third-order valence-electron chi connectivity index (χ3n) is 3.44. The molecule has 0 aromatic heterocycles. The lowest BCUT2D eigenvalue weighted by Crippen LogP contribution is -1.91. The van der Waals surface area contributed by atoms with E-state index < -0.39 is 0 Å². The molecular formula is C18H12O2. The average molecular weight is 260 g/mol. The largest absolute Gasteiger partial charge is 0.298 e. The van der Waals surface area contributed by atoms with Crippen molar-refractivity contribution in [1.82, 2.24) is 0 Å². The Morgan fingerprint density at radius 3 is 2.25 bits per heavy atom. The second-order valence-corrected chi connectivity index (χ2v) is 4.61. The summed E-state index contributed by atoms with van der Waals surface area (Å²) in [6.07, 6.45) is 1.43. The van der Waals surface area contributed by atoms with Crippen LogP contribution in [0.4, 0.5) is 0 Å². The molecule has 0 bridgehead atoms. The predicted molar refractivity (Wildman–Crippen MR) is 80.2 cm³/mol. The van der Waals surface area contributed by atoms with Crippen LogP contribution in [0.3, 0.4) is 0 Å². The third-order valence-corrected chi connectivity index (χ3v) is 3.44. The Hall–Kier alpha value is -2.74. The van der Waals surface area contributed by atoms with E-state index in [1.54, 1.807) is 12.1 Å². The molecule has 3 aromatic rings. The maximum absolute atomic E-state index is 11.1. The third kappa shape index (κ3) is 2.01. The van der Waals surface area contributed by atoms with Crippen LogP contribution >= 0.6 is 0 Å². The molecule has 0 aliphatic carbocycles. The minimum Gasteiger partial charge on any atom is -0.298 e. The fourth-order valence-corrected chi connectivity index (χ4v) is 2.43. The van der Waals surface area contributed by atoms with Gasteiger partial charge in [-0.05, 0) is 28.0 Å². The van der Waals surface area contributed by atoms with Gasteiger partial charge in [-0.2, -0.15) is 0 Å². The van der Waals surface area contributed by atoms with Crippen LogP contribution in [0.25, 0.3) is 21.9 Å². The van der Waals surface area contributed by atoms with E-state index in [0.29, 0.717) is 17.4 Å². The fraction of sp³-hybridized carbons (Fsp3) is 0. The molecule has 0 aliphatic heterocycles. The minimum atomic E-state index is 0.420. The van der Waals surface area contributed by atoms with E-state index >= 15 is 0 Å². The monoisotopic (exact) mass is 260 g/mol. The summed E-state index contributed by atoms with van der Waals surface area (Å²) in [5, 5.41) is 2.28. The van der Waals surface area contributed by atoms with Gasteiger partial charge in [0.2, 0.25) is 0 Å². The van der Waals surface area contributed by atoms with E-state index in [4.69, 9.17) is 0 Å². The summed E-state index contributed by atoms with van der Waals surface area (Å²) in [6, 6.07) is 19.5. The normalized spacial score (nSPS) is 10.4. The molecular weight excluding hydrogens is 248 g/mol. The molecule has 0 aliphatic rings.